The SMILES string of the molecule is C[Si](C)(C)N(c1nccs1)[Si](C)(C)C. The maximum absolute atomic E-state index is 4.46. The summed E-state index contributed by atoms with van der Waals surface area (Å²) >= 11 is 1.77. The van der Waals surface area contributed by atoms with Crippen molar-refractivity contribution in [3.8, 4) is 0 Å². The second-order valence-corrected chi connectivity index (χ2v) is 16.4. The van der Waals surface area contributed by atoms with Gasteiger partial charge in [-0.1, -0.05) is 39.3 Å². The Morgan fingerprint density at radius 2 is 1.57 bits per heavy atom. The Bertz CT molecular complexity index is 271. The van der Waals surface area contributed by atoms with E-state index in [4.69, 9.17) is 0 Å². The van der Waals surface area contributed by atoms with Gasteiger partial charge in [0.2, 0.25) is 0 Å². The van der Waals surface area contributed by atoms with Gasteiger partial charge in [-0.05, 0) is 0 Å². The molecule has 1 aromatic rings. The van der Waals surface area contributed by atoms with Crippen LogP contribution in [0, 0.1) is 0 Å². The molecule has 0 spiro atoms. The number of aromatic nitrogens is 1. The number of hydrogen-bond donors (Lipinski definition) is 0. The lowest BCUT2D eigenvalue weighted by molar-refractivity contribution is 1.29. The fraction of sp³-hybridized carbons (Fsp3) is 0.667. The van der Waals surface area contributed by atoms with Crippen molar-refractivity contribution in [2.24, 2.45) is 0 Å². The van der Waals surface area contributed by atoms with Crippen molar-refractivity contribution < 1.29 is 0 Å². The summed E-state index contributed by atoms with van der Waals surface area (Å²) in [6.45, 7) is 14.4. The van der Waals surface area contributed by atoms with Crippen molar-refractivity contribution in [2.45, 2.75) is 39.3 Å². The summed E-state index contributed by atoms with van der Waals surface area (Å²) < 4.78 is 2.64. The van der Waals surface area contributed by atoms with Gasteiger partial charge >= 0.3 is 0 Å². The predicted octanol–water partition coefficient (Wildman–Crippen LogP) is 3.62. The first kappa shape index (κ1) is 11.9. The molecular weight excluding hydrogens is 224 g/mol. The largest absolute Gasteiger partial charge is 0.401 e. The number of rotatable bonds is 3. The summed E-state index contributed by atoms with van der Waals surface area (Å²) in [6, 6.07) is 0. The first-order valence-electron chi connectivity index (χ1n) is 4.93. The van der Waals surface area contributed by atoms with Crippen molar-refractivity contribution in [3.63, 3.8) is 0 Å². The predicted molar refractivity (Wildman–Crippen MR) is 71.3 cm³/mol. The minimum atomic E-state index is -1.28. The normalized spacial score (nSPS) is 13.0. The summed E-state index contributed by atoms with van der Waals surface area (Å²) in [4.78, 5) is 4.46. The molecule has 0 unspecified atom stereocenters. The fourth-order valence-corrected chi connectivity index (χ4v) is 13.6. The van der Waals surface area contributed by atoms with E-state index in [2.05, 4.69) is 53.9 Å². The van der Waals surface area contributed by atoms with Crippen LogP contribution in [-0.2, 0) is 0 Å². The van der Waals surface area contributed by atoms with Gasteiger partial charge in [0.05, 0.1) is 0 Å². The molecule has 0 aliphatic rings. The highest BCUT2D eigenvalue weighted by Crippen LogP contribution is 2.29. The molecule has 0 saturated heterocycles. The topological polar surface area (TPSA) is 16.1 Å². The van der Waals surface area contributed by atoms with Crippen LogP contribution in [0.15, 0.2) is 11.6 Å². The third-order valence-corrected chi connectivity index (χ3v) is 10.2. The molecule has 0 radical (unpaired) electrons. The van der Waals surface area contributed by atoms with Gasteiger partial charge in [0.15, 0.2) is 5.13 Å². The summed E-state index contributed by atoms with van der Waals surface area (Å²) in [6.07, 6.45) is 1.91. The first-order chi connectivity index (χ1) is 6.23. The molecule has 0 aromatic carbocycles. The lowest BCUT2D eigenvalue weighted by atomic mass is 11.0. The quantitative estimate of drug-likeness (QED) is 0.755. The van der Waals surface area contributed by atoms with Gasteiger partial charge in [-0.15, -0.1) is 11.3 Å². The van der Waals surface area contributed by atoms with Gasteiger partial charge in [-0.2, -0.15) is 0 Å². The number of thiazole rings is 1. The van der Waals surface area contributed by atoms with Gasteiger partial charge in [0, 0.05) is 11.6 Å². The molecule has 1 rings (SSSR count). The van der Waals surface area contributed by atoms with Crippen LogP contribution in [0.5, 0.6) is 0 Å². The van der Waals surface area contributed by atoms with Crippen molar-refractivity contribution >= 4 is 32.9 Å². The molecule has 0 saturated carbocycles. The number of hydrogen-bond acceptors (Lipinski definition) is 3. The van der Waals surface area contributed by atoms with E-state index < -0.39 is 16.5 Å². The van der Waals surface area contributed by atoms with E-state index in [-0.39, 0.29) is 0 Å². The molecule has 0 aliphatic heterocycles. The first-order valence-corrected chi connectivity index (χ1v) is 12.7. The smallest absolute Gasteiger partial charge is 0.168 e. The van der Waals surface area contributed by atoms with Crippen LogP contribution in [0.25, 0.3) is 0 Å². The molecular formula is C9H20N2SSi2. The zero-order valence-corrected chi connectivity index (χ0v) is 12.8. The maximum Gasteiger partial charge on any atom is 0.168 e. The second kappa shape index (κ2) is 3.79. The maximum atomic E-state index is 4.46. The van der Waals surface area contributed by atoms with Crippen LogP contribution < -0.4 is 4.23 Å². The molecule has 14 heavy (non-hydrogen) atoms. The van der Waals surface area contributed by atoms with Gasteiger partial charge < -0.3 is 4.23 Å². The van der Waals surface area contributed by atoms with Crippen molar-refractivity contribution in [3.05, 3.63) is 11.6 Å². The fourth-order valence-electron chi connectivity index (χ4n) is 1.91. The average Bonchev–Trinajstić information content (AvgIpc) is 2.31. The van der Waals surface area contributed by atoms with Crippen molar-refractivity contribution in [1.29, 1.82) is 0 Å². The van der Waals surface area contributed by atoms with E-state index >= 15 is 0 Å². The van der Waals surface area contributed by atoms with E-state index in [0.29, 0.717) is 0 Å². The third-order valence-electron chi connectivity index (χ3n) is 1.95. The summed E-state index contributed by atoms with van der Waals surface area (Å²) in [5.41, 5.74) is 0. The summed E-state index contributed by atoms with van der Waals surface area (Å²) in [7, 11) is -2.57. The third kappa shape index (κ3) is 2.68. The van der Waals surface area contributed by atoms with Crippen molar-refractivity contribution in [2.75, 3.05) is 4.23 Å². The Morgan fingerprint density at radius 1 is 1.07 bits per heavy atom. The Kier molecular flexibility index (Phi) is 3.23. The second-order valence-electron chi connectivity index (χ2n) is 5.49. The minimum Gasteiger partial charge on any atom is -0.401 e. The highest BCUT2D eigenvalue weighted by atomic mass is 32.1. The van der Waals surface area contributed by atoms with Gasteiger partial charge in [0.25, 0.3) is 0 Å². The van der Waals surface area contributed by atoms with Crippen LogP contribution in [-0.4, -0.2) is 21.5 Å². The highest BCUT2D eigenvalue weighted by Gasteiger charge is 2.35. The standard InChI is InChI=1S/C9H20N2SSi2/c1-13(2,3)11(14(4,5)6)9-10-7-8-12-9/h7-8H,1-6H3. The van der Waals surface area contributed by atoms with Crippen LogP contribution in [0.4, 0.5) is 5.13 Å². The number of nitrogens with zero attached hydrogens (tertiary/aromatic N) is 2. The van der Waals surface area contributed by atoms with Crippen LogP contribution in [0.1, 0.15) is 0 Å². The molecule has 0 amide bonds. The zero-order chi connectivity index (χ0) is 11.0. The molecule has 0 aliphatic carbocycles. The molecule has 0 bridgehead atoms. The average molecular weight is 245 g/mol. The Hall–Kier alpha value is -0.136. The van der Waals surface area contributed by atoms with Crippen LogP contribution >= 0.6 is 11.3 Å². The molecule has 0 N–H and O–H groups in total. The molecule has 2 nitrogen and oxygen atoms in total. The summed E-state index contributed by atoms with van der Waals surface area (Å²) in [5.74, 6) is 0. The molecule has 1 aromatic heterocycles. The van der Waals surface area contributed by atoms with E-state index in [1.54, 1.807) is 11.3 Å². The lowest BCUT2D eigenvalue weighted by Gasteiger charge is -2.43. The minimum absolute atomic E-state index is 1.23. The Labute approximate surface area is 93.2 Å². The van der Waals surface area contributed by atoms with Crippen LogP contribution in [0.2, 0.25) is 39.3 Å². The van der Waals surface area contributed by atoms with Crippen molar-refractivity contribution in [1.82, 2.24) is 4.98 Å². The van der Waals surface area contributed by atoms with E-state index in [1.807, 2.05) is 6.20 Å². The van der Waals surface area contributed by atoms with Crippen LogP contribution in [0.3, 0.4) is 0 Å². The Balaban J connectivity index is 3.08. The summed E-state index contributed by atoms with van der Waals surface area (Å²) in [5, 5.41) is 3.30. The number of anilines is 1. The molecule has 1 heterocycles. The monoisotopic (exact) mass is 244 g/mol. The van der Waals surface area contributed by atoms with Gasteiger partial charge in [0.1, 0.15) is 16.5 Å². The van der Waals surface area contributed by atoms with E-state index in [1.165, 1.54) is 5.13 Å². The Morgan fingerprint density at radius 3 is 1.86 bits per heavy atom. The van der Waals surface area contributed by atoms with Gasteiger partial charge in [-0.3, -0.25) is 0 Å². The molecule has 80 valence electrons. The lowest BCUT2D eigenvalue weighted by Crippen LogP contribution is -2.59. The van der Waals surface area contributed by atoms with E-state index in [9.17, 15) is 0 Å². The van der Waals surface area contributed by atoms with Gasteiger partial charge in [-0.25, -0.2) is 4.98 Å². The molecule has 0 fully saturated rings. The molecule has 0 atom stereocenters. The highest BCUT2D eigenvalue weighted by molar-refractivity contribution is 7.17. The van der Waals surface area contributed by atoms with E-state index in [0.717, 1.165) is 0 Å². The zero-order valence-electron chi connectivity index (χ0n) is 9.96. The molecule has 5 heteroatoms.